The standard InChI is InChI=1S/C8H10N2O2S/c1-3-12-7(11)6-4-5(2)9-8(13)10-6/h4H,3H2,1-2H3,(H,9,10,13). The third kappa shape index (κ3) is 2.62. The topological polar surface area (TPSA) is 55.0 Å². The Bertz CT molecular complexity index is 373. The molecule has 1 aromatic rings. The van der Waals surface area contributed by atoms with Gasteiger partial charge in [-0.15, -0.1) is 0 Å². The van der Waals surface area contributed by atoms with Gasteiger partial charge in [-0.3, -0.25) is 0 Å². The van der Waals surface area contributed by atoms with Crippen molar-refractivity contribution in [1.82, 2.24) is 9.97 Å². The molecule has 1 rings (SSSR count). The second kappa shape index (κ2) is 4.13. The van der Waals surface area contributed by atoms with E-state index in [1.165, 1.54) is 0 Å². The van der Waals surface area contributed by atoms with Gasteiger partial charge in [0.05, 0.1) is 6.61 Å². The number of esters is 1. The first-order valence-corrected chi connectivity index (χ1v) is 4.29. The van der Waals surface area contributed by atoms with Crippen molar-refractivity contribution in [2.75, 3.05) is 6.61 Å². The molecule has 0 fully saturated rings. The van der Waals surface area contributed by atoms with E-state index in [9.17, 15) is 4.79 Å². The Balaban J connectivity index is 3.01. The minimum Gasteiger partial charge on any atom is -0.461 e. The van der Waals surface area contributed by atoms with Crippen LogP contribution in [-0.4, -0.2) is 22.5 Å². The number of rotatable bonds is 2. The van der Waals surface area contributed by atoms with E-state index in [2.05, 4.69) is 9.97 Å². The Labute approximate surface area is 81.0 Å². The molecule has 0 radical (unpaired) electrons. The average molecular weight is 198 g/mol. The van der Waals surface area contributed by atoms with Gasteiger partial charge in [-0.2, -0.15) is 0 Å². The highest BCUT2D eigenvalue weighted by molar-refractivity contribution is 7.71. The number of hydrogen-bond donors (Lipinski definition) is 1. The Hall–Kier alpha value is -1.23. The minimum absolute atomic E-state index is 0.253. The van der Waals surface area contributed by atoms with E-state index in [4.69, 9.17) is 17.0 Å². The summed E-state index contributed by atoms with van der Waals surface area (Å²) in [7, 11) is 0. The van der Waals surface area contributed by atoms with E-state index in [0.29, 0.717) is 11.4 Å². The van der Waals surface area contributed by atoms with Crippen LogP contribution in [-0.2, 0) is 4.74 Å². The van der Waals surface area contributed by atoms with Gasteiger partial charge >= 0.3 is 5.97 Å². The van der Waals surface area contributed by atoms with Gasteiger partial charge in [0, 0.05) is 5.69 Å². The molecule has 0 aliphatic heterocycles. The van der Waals surface area contributed by atoms with Crippen LogP contribution in [0.5, 0.6) is 0 Å². The van der Waals surface area contributed by atoms with Gasteiger partial charge in [-0.25, -0.2) is 9.78 Å². The Morgan fingerprint density at radius 1 is 1.77 bits per heavy atom. The van der Waals surface area contributed by atoms with E-state index < -0.39 is 5.97 Å². The summed E-state index contributed by atoms with van der Waals surface area (Å²) >= 11 is 4.82. The number of aromatic nitrogens is 2. The van der Waals surface area contributed by atoms with Crippen LogP contribution in [0.3, 0.4) is 0 Å². The SMILES string of the molecule is CCOC(=O)c1cc(C)[nH]c(=S)n1. The van der Waals surface area contributed by atoms with E-state index in [1.807, 2.05) is 0 Å². The molecule has 1 heterocycles. The summed E-state index contributed by atoms with van der Waals surface area (Å²) in [6.07, 6.45) is 0. The number of nitrogens with one attached hydrogen (secondary N) is 1. The highest BCUT2D eigenvalue weighted by Gasteiger charge is 2.07. The van der Waals surface area contributed by atoms with E-state index >= 15 is 0 Å². The number of aryl methyl sites for hydroxylation is 1. The van der Waals surface area contributed by atoms with Gasteiger partial charge in [0.2, 0.25) is 0 Å². The van der Waals surface area contributed by atoms with Crippen molar-refractivity contribution in [2.45, 2.75) is 13.8 Å². The zero-order chi connectivity index (χ0) is 9.84. The zero-order valence-corrected chi connectivity index (χ0v) is 8.27. The van der Waals surface area contributed by atoms with Gasteiger partial charge in [0.1, 0.15) is 0 Å². The summed E-state index contributed by atoms with van der Waals surface area (Å²) in [5, 5.41) is 0. The minimum atomic E-state index is -0.439. The molecular weight excluding hydrogens is 188 g/mol. The lowest BCUT2D eigenvalue weighted by molar-refractivity contribution is 0.0519. The van der Waals surface area contributed by atoms with Crippen LogP contribution in [0.2, 0.25) is 0 Å². The molecule has 0 saturated heterocycles. The summed E-state index contributed by atoms with van der Waals surface area (Å²) in [6, 6.07) is 1.60. The summed E-state index contributed by atoms with van der Waals surface area (Å²) in [6.45, 7) is 3.89. The summed E-state index contributed by atoms with van der Waals surface area (Å²) in [4.78, 5) is 17.8. The van der Waals surface area contributed by atoms with Gasteiger partial charge in [0.15, 0.2) is 10.5 Å². The first kappa shape index (κ1) is 9.85. The Morgan fingerprint density at radius 2 is 2.46 bits per heavy atom. The molecular formula is C8H10N2O2S. The van der Waals surface area contributed by atoms with Crippen molar-refractivity contribution in [2.24, 2.45) is 0 Å². The van der Waals surface area contributed by atoms with Crippen molar-refractivity contribution < 1.29 is 9.53 Å². The maximum absolute atomic E-state index is 11.2. The fourth-order valence-corrected chi connectivity index (χ4v) is 1.15. The lowest BCUT2D eigenvalue weighted by Gasteiger charge is -2.01. The fourth-order valence-electron chi connectivity index (χ4n) is 0.889. The fraction of sp³-hybridized carbons (Fsp3) is 0.375. The first-order valence-electron chi connectivity index (χ1n) is 3.88. The zero-order valence-electron chi connectivity index (χ0n) is 7.46. The van der Waals surface area contributed by atoms with Crippen LogP contribution in [0, 0.1) is 11.7 Å². The quantitative estimate of drug-likeness (QED) is 0.579. The van der Waals surface area contributed by atoms with Crippen molar-refractivity contribution in [1.29, 1.82) is 0 Å². The largest absolute Gasteiger partial charge is 0.461 e. The number of ether oxygens (including phenoxy) is 1. The normalized spacial score (nSPS) is 9.69. The van der Waals surface area contributed by atoms with Crippen LogP contribution in [0.15, 0.2) is 6.07 Å². The molecule has 0 aliphatic rings. The molecule has 0 aliphatic carbocycles. The van der Waals surface area contributed by atoms with Crippen LogP contribution in [0.25, 0.3) is 0 Å². The molecule has 0 atom stereocenters. The summed E-state index contributed by atoms with van der Waals surface area (Å²) < 4.78 is 5.07. The molecule has 0 aromatic carbocycles. The maximum atomic E-state index is 11.2. The predicted molar refractivity (Wildman–Crippen MR) is 50.1 cm³/mol. The molecule has 0 amide bonds. The lowest BCUT2D eigenvalue weighted by atomic mass is 10.3. The molecule has 13 heavy (non-hydrogen) atoms. The third-order valence-corrected chi connectivity index (χ3v) is 1.56. The number of hydrogen-bond acceptors (Lipinski definition) is 4. The molecule has 0 saturated carbocycles. The number of carbonyl (C=O) groups excluding carboxylic acids is 1. The number of H-pyrrole nitrogens is 1. The molecule has 0 bridgehead atoms. The second-order valence-electron chi connectivity index (χ2n) is 2.48. The van der Waals surface area contributed by atoms with Crippen LogP contribution in [0.4, 0.5) is 0 Å². The second-order valence-corrected chi connectivity index (χ2v) is 2.86. The van der Waals surface area contributed by atoms with Crippen molar-refractivity contribution in [3.8, 4) is 0 Å². The molecule has 5 heteroatoms. The first-order chi connectivity index (χ1) is 6.13. The van der Waals surface area contributed by atoms with Crippen LogP contribution >= 0.6 is 12.2 Å². The van der Waals surface area contributed by atoms with Crippen LogP contribution in [0.1, 0.15) is 23.1 Å². The summed E-state index contributed by atoms with van der Waals surface area (Å²) in [5.74, 6) is -0.439. The van der Waals surface area contributed by atoms with E-state index in [-0.39, 0.29) is 5.69 Å². The van der Waals surface area contributed by atoms with Crippen molar-refractivity contribution in [3.05, 3.63) is 22.2 Å². The van der Waals surface area contributed by atoms with Gasteiger partial charge in [0.25, 0.3) is 0 Å². The third-order valence-electron chi connectivity index (χ3n) is 1.36. The molecule has 4 nitrogen and oxygen atoms in total. The molecule has 70 valence electrons. The van der Waals surface area contributed by atoms with Gasteiger partial charge in [-0.1, -0.05) is 0 Å². The highest BCUT2D eigenvalue weighted by atomic mass is 32.1. The Morgan fingerprint density at radius 3 is 3.00 bits per heavy atom. The smallest absolute Gasteiger partial charge is 0.357 e. The molecule has 1 aromatic heterocycles. The lowest BCUT2D eigenvalue weighted by Crippen LogP contribution is -2.08. The molecule has 0 unspecified atom stereocenters. The highest BCUT2D eigenvalue weighted by Crippen LogP contribution is 2.00. The van der Waals surface area contributed by atoms with Crippen molar-refractivity contribution >= 4 is 18.2 Å². The average Bonchev–Trinajstić information content (AvgIpc) is 2.03. The summed E-state index contributed by atoms with van der Waals surface area (Å²) in [5.41, 5.74) is 1.05. The number of aromatic amines is 1. The van der Waals surface area contributed by atoms with Gasteiger partial charge < -0.3 is 9.72 Å². The Kier molecular flexibility index (Phi) is 3.13. The molecule has 1 N–H and O–H groups in total. The van der Waals surface area contributed by atoms with E-state index in [1.54, 1.807) is 19.9 Å². The molecule has 0 spiro atoms. The van der Waals surface area contributed by atoms with E-state index in [0.717, 1.165) is 5.69 Å². The maximum Gasteiger partial charge on any atom is 0.357 e. The van der Waals surface area contributed by atoms with Crippen LogP contribution < -0.4 is 0 Å². The predicted octanol–water partition coefficient (Wildman–Crippen LogP) is 1.62. The van der Waals surface area contributed by atoms with Gasteiger partial charge in [-0.05, 0) is 32.1 Å². The van der Waals surface area contributed by atoms with Crippen molar-refractivity contribution in [3.63, 3.8) is 0 Å². The number of carbonyl (C=O) groups is 1. The number of nitrogens with zero attached hydrogens (tertiary/aromatic N) is 1. The monoisotopic (exact) mass is 198 g/mol.